The summed E-state index contributed by atoms with van der Waals surface area (Å²) in [5, 5.41) is 2.81. The van der Waals surface area contributed by atoms with E-state index < -0.39 is 0 Å². The molecule has 0 aliphatic carbocycles. The first-order valence-electron chi connectivity index (χ1n) is 8.74. The number of ether oxygens (including phenoxy) is 3. The highest BCUT2D eigenvalue weighted by atomic mass is 19.1. The van der Waals surface area contributed by atoms with E-state index in [0.717, 1.165) is 16.9 Å². The van der Waals surface area contributed by atoms with Crippen molar-refractivity contribution in [2.24, 2.45) is 0 Å². The number of nitrogens with zero attached hydrogens (tertiary/aromatic N) is 2. The van der Waals surface area contributed by atoms with Crippen molar-refractivity contribution in [1.82, 2.24) is 9.55 Å². The summed E-state index contributed by atoms with van der Waals surface area (Å²) >= 11 is 0. The summed E-state index contributed by atoms with van der Waals surface area (Å²) in [6.07, 6.45) is 1.86. The third-order valence-electron chi connectivity index (χ3n) is 4.97. The summed E-state index contributed by atoms with van der Waals surface area (Å²) in [5.74, 6) is 1.45. The molecule has 2 aliphatic rings. The van der Waals surface area contributed by atoms with E-state index >= 15 is 0 Å². The molecule has 2 aromatic carbocycles. The minimum atomic E-state index is -0.317. The van der Waals surface area contributed by atoms with Crippen molar-refractivity contribution >= 4 is 11.7 Å². The molecule has 3 aromatic rings. The van der Waals surface area contributed by atoms with Crippen LogP contribution in [0.1, 0.15) is 23.6 Å². The van der Waals surface area contributed by atoms with Gasteiger partial charge >= 0.3 is 0 Å². The van der Waals surface area contributed by atoms with Crippen LogP contribution in [0.15, 0.2) is 42.7 Å². The molecule has 8 heteroatoms. The molecule has 2 aliphatic heterocycles. The van der Waals surface area contributed by atoms with E-state index in [1.165, 1.54) is 12.1 Å². The number of fused-ring (bicyclic) bond motifs is 2. The van der Waals surface area contributed by atoms with Gasteiger partial charge in [-0.25, -0.2) is 9.37 Å². The molecule has 0 spiro atoms. The normalized spacial score (nSPS) is 17.2. The smallest absolute Gasteiger partial charge is 0.231 e. The van der Waals surface area contributed by atoms with Gasteiger partial charge in [-0.1, -0.05) is 0 Å². The third-order valence-corrected chi connectivity index (χ3v) is 4.97. The highest BCUT2D eigenvalue weighted by Gasteiger charge is 2.33. The number of halogens is 1. The van der Waals surface area contributed by atoms with Gasteiger partial charge in [-0.15, -0.1) is 0 Å². The predicted molar refractivity (Wildman–Crippen MR) is 97.7 cm³/mol. The first kappa shape index (κ1) is 16.6. The number of carbonyl (C=O) groups is 1. The van der Waals surface area contributed by atoms with Gasteiger partial charge in [-0.2, -0.15) is 0 Å². The Hall–Kier alpha value is -3.55. The Balaban J connectivity index is 1.66. The van der Waals surface area contributed by atoms with Crippen molar-refractivity contribution in [2.75, 3.05) is 19.2 Å². The average molecular weight is 381 g/mol. The quantitative estimate of drug-likeness (QED) is 0.754. The largest absolute Gasteiger partial charge is 0.493 e. The predicted octanol–water partition coefficient (Wildman–Crippen LogP) is 3.22. The van der Waals surface area contributed by atoms with Gasteiger partial charge in [0.1, 0.15) is 12.1 Å². The van der Waals surface area contributed by atoms with E-state index in [2.05, 4.69) is 10.3 Å². The maximum absolute atomic E-state index is 13.3. The van der Waals surface area contributed by atoms with Crippen LogP contribution >= 0.6 is 0 Å². The molecule has 5 rings (SSSR count). The molecule has 28 heavy (non-hydrogen) atoms. The second-order valence-electron chi connectivity index (χ2n) is 6.59. The van der Waals surface area contributed by atoms with E-state index in [9.17, 15) is 9.18 Å². The van der Waals surface area contributed by atoms with E-state index in [1.54, 1.807) is 25.6 Å². The van der Waals surface area contributed by atoms with Gasteiger partial charge in [0, 0.05) is 18.0 Å². The highest BCUT2D eigenvalue weighted by molar-refractivity contribution is 5.94. The van der Waals surface area contributed by atoms with Crippen molar-refractivity contribution < 1.29 is 23.4 Å². The molecule has 0 bridgehead atoms. The van der Waals surface area contributed by atoms with Gasteiger partial charge in [-0.05, 0) is 42.0 Å². The van der Waals surface area contributed by atoms with Crippen LogP contribution in [0.2, 0.25) is 0 Å². The van der Waals surface area contributed by atoms with E-state index in [4.69, 9.17) is 14.2 Å². The van der Waals surface area contributed by atoms with Crippen LogP contribution in [-0.2, 0) is 4.79 Å². The van der Waals surface area contributed by atoms with Crippen molar-refractivity contribution in [2.45, 2.75) is 12.3 Å². The Morgan fingerprint density at radius 3 is 2.86 bits per heavy atom. The number of methoxy groups -OCH3 is 1. The van der Waals surface area contributed by atoms with Crippen LogP contribution in [0.25, 0.3) is 5.69 Å². The number of hydrogen-bond acceptors (Lipinski definition) is 5. The minimum absolute atomic E-state index is 0.124. The van der Waals surface area contributed by atoms with E-state index in [1.807, 2.05) is 16.7 Å². The molecule has 3 heterocycles. The summed E-state index contributed by atoms with van der Waals surface area (Å²) in [6, 6.07) is 9.84. The number of rotatable bonds is 3. The summed E-state index contributed by atoms with van der Waals surface area (Å²) < 4.78 is 31.6. The summed E-state index contributed by atoms with van der Waals surface area (Å²) in [6.45, 7) is 0.124. The number of aromatic nitrogens is 2. The highest BCUT2D eigenvalue weighted by Crippen LogP contribution is 2.46. The second-order valence-corrected chi connectivity index (χ2v) is 6.59. The molecule has 142 valence electrons. The molecule has 0 radical (unpaired) electrons. The van der Waals surface area contributed by atoms with E-state index in [0.29, 0.717) is 23.1 Å². The Labute approximate surface area is 159 Å². The molecule has 1 unspecified atom stereocenters. The number of hydrogen-bond donors (Lipinski definition) is 1. The van der Waals surface area contributed by atoms with Crippen molar-refractivity contribution in [3.63, 3.8) is 0 Å². The first-order valence-corrected chi connectivity index (χ1v) is 8.74. The number of imidazole rings is 1. The zero-order chi connectivity index (χ0) is 19.3. The monoisotopic (exact) mass is 381 g/mol. The van der Waals surface area contributed by atoms with Gasteiger partial charge in [0.2, 0.25) is 18.4 Å². The van der Waals surface area contributed by atoms with Crippen LogP contribution in [0.4, 0.5) is 10.2 Å². The SMILES string of the molecule is COc1cc(C2CC(=O)Nc3ncn(-c4ccc(F)cc4)c32)cc2c1OCO2. The van der Waals surface area contributed by atoms with Crippen molar-refractivity contribution in [3.05, 3.63) is 59.8 Å². The lowest BCUT2D eigenvalue weighted by molar-refractivity contribution is -0.116. The maximum atomic E-state index is 13.3. The van der Waals surface area contributed by atoms with Crippen LogP contribution in [0.3, 0.4) is 0 Å². The van der Waals surface area contributed by atoms with Crippen LogP contribution in [-0.4, -0.2) is 29.4 Å². The maximum Gasteiger partial charge on any atom is 0.231 e. The lowest BCUT2D eigenvalue weighted by atomic mass is 9.89. The van der Waals surface area contributed by atoms with Crippen molar-refractivity contribution in [3.8, 4) is 22.9 Å². The van der Waals surface area contributed by atoms with Gasteiger partial charge in [0.15, 0.2) is 17.3 Å². The third kappa shape index (κ3) is 2.57. The fourth-order valence-electron chi connectivity index (χ4n) is 3.69. The summed E-state index contributed by atoms with van der Waals surface area (Å²) in [5.41, 5.74) is 2.41. The Morgan fingerprint density at radius 2 is 2.07 bits per heavy atom. The van der Waals surface area contributed by atoms with E-state index in [-0.39, 0.29) is 30.9 Å². The fourth-order valence-corrected chi connectivity index (χ4v) is 3.69. The first-order chi connectivity index (χ1) is 13.6. The van der Waals surface area contributed by atoms with Gasteiger partial charge in [0.05, 0.1) is 12.8 Å². The molecule has 0 saturated carbocycles. The molecule has 0 fully saturated rings. The van der Waals surface area contributed by atoms with Gasteiger partial charge < -0.3 is 24.1 Å². The summed E-state index contributed by atoms with van der Waals surface area (Å²) in [7, 11) is 1.56. The lowest BCUT2D eigenvalue weighted by Gasteiger charge is -2.25. The second kappa shape index (κ2) is 6.26. The molecule has 1 aromatic heterocycles. The topological polar surface area (TPSA) is 74.6 Å². The number of anilines is 1. The Kier molecular flexibility index (Phi) is 3.71. The average Bonchev–Trinajstić information content (AvgIpc) is 3.34. The van der Waals surface area contributed by atoms with Crippen molar-refractivity contribution in [1.29, 1.82) is 0 Å². The molecular weight excluding hydrogens is 365 g/mol. The summed E-state index contributed by atoms with van der Waals surface area (Å²) in [4.78, 5) is 16.6. The zero-order valence-corrected chi connectivity index (χ0v) is 14.9. The zero-order valence-electron chi connectivity index (χ0n) is 14.9. The molecular formula is C20H16FN3O4. The lowest BCUT2D eigenvalue weighted by Crippen LogP contribution is -2.25. The molecule has 1 amide bonds. The molecule has 1 N–H and O–H groups in total. The van der Waals surface area contributed by atoms with Gasteiger partial charge in [0.25, 0.3) is 0 Å². The van der Waals surface area contributed by atoms with Crippen LogP contribution < -0.4 is 19.5 Å². The molecule has 0 saturated heterocycles. The Bertz CT molecular complexity index is 1080. The Morgan fingerprint density at radius 1 is 1.25 bits per heavy atom. The van der Waals surface area contributed by atoms with Crippen LogP contribution in [0, 0.1) is 5.82 Å². The number of nitrogens with one attached hydrogen (secondary N) is 1. The number of amides is 1. The van der Waals surface area contributed by atoms with Gasteiger partial charge in [-0.3, -0.25) is 4.79 Å². The standard InChI is InChI=1S/C20H16FN3O4/c1-26-15-6-11(7-16-19(15)28-10-27-16)14-8-17(25)23-20-18(14)24(9-22-20)13-4-2-12(21)3-5-13/h2-7,9,14H,8,10H2,1H3,(H,23,25). The fraction of sp³-hybridized carbons (Fsp3) is 0.200. The minimum Gasteiger partial charge on any atom is -0.493 e. The molecule has 1 atom stereocenters. The number of carbonyl (C=O) groups excluding carboxylic acids is 1. The van der Waals surface area contributed by atoms with Crippen LogP contribution in [0.5, 0.6) is 17.2 Å². The number of benzene rings is 2. The molecule has 7 nitrogen and oxygen atoms in total.